The highest BCUT2D eigenvalue weighted by molar-refractivity contribution is 7.89. The van der Waals surface area contributed by atoms with Crippen molar-refractivity contribution in [3.8, 4) is 5.75 Å². The summed E-state index contributed by atoms with van der Waals surface area (Å²) in [6.07, 6.45) is 1.55. The summed E-state index contributed by atoms with van der Waals surface area (Å²) in [6.45, 7) is 7.33. The molecule has 7 heteroatoms. The summed E-state index contributed by atoms with van der Waals surface area (Å²) in [7, 11) is -2.31. The molecule has 1 amide bonds. The van der Waals surface area contributed by atoms with Gasteiger partial charge in [-0.05, 0) is 61.6 Å². The normalized spacial score (nSPS) is 12.5. The van der Waals surface area contributed by atoms with Crippen molar-refractivity contribution in [2.45, 2.75) is 51.5 Å². The highest BCUT2D eigenvalue weighted by Crippen LogP contribution is 2.24. The zero-order valence-electron chi connectivity index (χ0n) is 17.0. The Morgan fingerprint density at radius 1 is 1.11 bits per heavy atom. The number of hydrogen-bond acceptors (Lipinski definition) is 4. The number of hydrogen-bond donors (Lipinski definition) is 2. The van der Waals surface area contributed by atoms with Gasteiger partial charge in [0.15, 0.2) is 0 Å². The molecule has 0 bridgehead atoms. The number of amides is 1. The van der Waals surface area contributed by atoms with E-state index in [0.29, 0.717) is 11.3 Å². The predicted molar refractivity (Wildman–Crippen MR) is 111 cm³/mol. The zero-order chi connectivity index (χ0) is 20.9. The van der Waals surface area contributed by atoms with Crippen molar-refractivity contribution in [3.63, 3.8) is 0 Å². The number of rotatable bonds is 8. The van der Waals surface area contributed by atoms with Crippen molar-refractivity contribution < 1.29 is 17.9 Å². The number of carbonyl (C=O) groups is 1. The average Bonchev–Trinajstić information content (AvgIpc) is 2.67. The molecule has 0 aliphatic heterocycles. The minimum absolute atomic E-state index is 0.0913. The molecule has 0 radical (unpaired) electrons. The Hall–Kier alpha value is -2.38. The van der Waals surface area contributed by atoms with E-state index < -0.39 is 22.0 Å². The topological polar surface area (TPSA) is 84.5 Å². The molecule has 0 aromatic heterocycles. The van der Waals surface area contributed by atoms with Gasteiger partial charge >= 0.3 is 0 Å². The lowest BCUT2D eigenvalue weighted by molar-refractivity contribution is -0.117. The molecule has 0 saturated heterocycles. The van der Waals surface area contributed by atoms with E-state index in [1.807, 2.05) is 32.0 Å². The number of benzene rings is 2. The number of nitrogens with one attached hydrogen (secondary N) is 2. The molecule has 28 heavy (non-hydrogen) atoms. The Kier molecular flexibility index (Phi) is 7.21. The molecule has 2 rings (SSSR count). The maximum Gasteiger partial charge on any atom is 0.242 e. The molecule has 0 aliphatic carbocycles. The van der Waals surface area contributed by atoms with Crippen LogP contribution in [0.3, 0.4) is 0 Å². The van der Waals surface area contributed by atoms with Gasteiger partial charge in [0.05, 0.1) is 18.0 Å². The molecule has 0 fully saturated rings. The first-order valence-electron chi connectivity index (χ1n) is 9.32. The highest BCUT2D eigenvalue weighted by Gasteiger charge is 2.23. The average molecular weight is 405 g/mol. The van der Waals surface area contributed by atoms with Crippen LogP contribution in [-0.2, 0) is 27.7 Å². The largest absolute Gasteiger partial charge is 0.496 e. The fraction of sp³-hybridized carbons (Fsp3) is 0.381. The van der Waals surface area contributed by atoms with Gasteiger partial charge in [0.2, 0.25) is 15.9 Å². The fourth-order valence-corrected chi connectivity index (χ4v) is 4.29. The molecule has 0 saturated carbocycles. The molecular weight excluding hydrogens is 376 g/mol. The quantitative estimate of drug-likeness (QED) is 0.706. The van der Waals surface area contributed by atoms with Gasteiger partial charge in [0.25, 0.3) is 0 Å². The number of methoxy groups -OCH3 is 1. The van der Waals surface area contributed by atoms with Crippen LogP contribution in [0.2, 0.25) is 0 Å². The van der Waals surface area contributed by atoms with E-state index in [9.17, 15) is 13.2 Å². The van der Waals surface area contributed by atoms with Gasteiger partial charge in [-0.1, -0.05) is 32.0 Å². The smallest absolute Gasteiger partial charge is 0.242 e. The number of sulfonamides is 1. The Bertz CT molecular complexity index is 933. The summed E-state index contributed by atoms with van der Waals surface area (Å²) < 4.78 is 32.9. The second-order valence-electron chi connectivity index (χ2n) is 6.62. The number of aryl methyl sites for hydroxylation is 3. The first-order chi connectivity index (χ1) is 13.2. The molecule has 2 N–H and O–H groups in total. The molecule has 2 aromatic rings. The SMILES string of the molecule is CCc1cccc(CC)c1NC(=O)[C@H](C)NS(=O)(=O)c1ccc(OC)c(C)c1. The van der Waals surface area contributed by atoms with Gasteiger partial charge < -0.3 is 10.1 Å². The second-order valence-corrected chi connectivity index (χ2v) is 8.34. The summed E-state index contributed by atoms with van der Waals surface area (Å²) in [4.78, 5) is 12.8. The minimum Gasteiger partial charge on any atom is -0.496 e. The van der Waals surface area contributed by atoms with Crippen LogP contribution in [0.1, 0.15) is 37.5 Å². The molecular formula is C21H28N2O4S. The van der Waals surface area contributed by atoms with Gasteiger partial charge in [-0.2, -0.15) is 4.72 Å². The molecule has 2 aromatic carbocycles. The summed E-state index contributed by atoms with van der Waals surface area (Å²) in [5.41, 5.74) is 3.51. The van der Waals surface area contributed by atoms with Crippen molar-refractivity contribution in [1.29, 1.82) is 0 Å². The Labute approximate surface area is 167 Å². The summed E-state index contributed by atoms with van der Waals surface area (Å²) in [5, 5.41) is 2.90. The van der Waals surface area contributed by atoms with E-state index in [1.165, 1.54) is 26.2 Å². The summed E-state index contributed by atoms with van der Waals surface area (Å²) in [5.74, 6) is 0.206. The predicted octanol–water partition coefficient (Wildman–Crippen LogP) is 3.43. The Balaban J connectivity index is 2.19. The third-order valence-corrected chi connectivity index (χ3v) is 6.19. The van der Waals surface area contributed by atoms with E-state index in [0.717, 1.165) is 29.7 Å². The van der Waals surface area contributed by atoms with Crippen molar-refractivity contribution in [1.82, 2.24) is 4.72 Å². The lowest BCUT2D eigenvalue weighted by atomic mass is 10.0. The van der Waals surface area contributed by atoms with Gasteiger partial charge in [-0.3, -0.25) is 4.79 Å². The number of carbonyl (C=O) groups excluding carboxylic acids is 1. The molecule has 0 spiro atoms. The summed E-state index contributed by atoms with van der Waals surface area (Å²) >= 11 is 0. The lowest BCUT2D eigenvalue weighted by Crippen LogP contribution is -2.41. The maximum absolute atomic E-state index is 12.7. The van der Waals surface area contributed by atoms with Crippen LogP contribution in [-0.4, -0.2) is 27.5 Å². The standard InChI is InChI=1S/C21H28N2O4S/c1-6-16-9-8-10-17(7-2)20(16)22-21(24)15(4)23-28(25,26)18-11-12-19(27-5)14(3)13-18/h8-13,15,23H,6-7H2,1-5H3,(H,22,24)/t15-/m0/s1. The van der Waals surface area contributed by atoms with Crippen LogP contribution in [0.5, 0.6) is 5.75 Å². The number of anilines is 1. The van der Waals surface area contributed by atoms with E-state index in [-0.39, 0.29) is 4.90 Å². The van der Waals surface area contributed by atoms with Crippen LogP contribution < -0.4 is 14.8 Å². The van der Waals surface area contributed by atoms with Crippen molar-refractivity contribution >= 4 is 21.6 Å². The highest BCUT2D eigenvalue weighted by atomic mass is 32.2. The van der Waals surface area contributed by atoms with Gasteiger partial charge in [0.1, 0.15) is 5.75 Å². The third kappa shape index (κ3) is 4.91. The van der Waals surface area contributed by atoms with E-state index in [1.54, 1.807) is 13.0 Å². The number of para-hydroxylation sites is 1. The molecule has 152 valence electrons. The van der Waals surface area contributed by atoms with Crippen LogP contribution in [0, 0.1) is 6.92 Å². The van der Waals surface area contributed by atoms with Gasteiger partial charge in [0, 0.05) is 5.69 Å². The molecule has 6 nitrogen and oxygen atoms in total. The van der Waals surface area contributed by atoms with Gasteiger partial charge in [-0.15, -0.1) is 0 Å². The van der Waals surface area contributed by atoms with Crippen LogP contribution in [0.25, 0.3) is 0 Å². The van der Waals surface area contributed by atoms with Crippen LogP contribution in [0.4, 0.5) is 5.69 Å². The molecule has 1 atom stereocenters. The maximum atomic E-state index is 12.7. The summed E-state index contributed by atoms with van der Waals surface area (Å²) in [6, 6.07) is 9.54. The van der Waals surface area contributed by atoms with Crippen molar-refractivity contribution in [2.24, 2.45) is 0 Å². The Morgan fingerprint density at radius 2 is 1.71 bits per heavy atom. The number of ether oxygens (including phenoxy) is 1. The first kappa shape index (κ1) is 21.9. The molecule has 0 aliphatic rings. The van der Waals surface area contributed by atoms with Crippen molar-refractivity contribution in [2.75, 3.05) is 12.4 Å². The third-order valence-electron chi connectivity index (χ3n) is 4.65. The molecule has 0 heterocycles. The lowest BCUT2D eigenvalue weighted by Gasteiger charge is -2.18. The van der Waals surface area contributed by atoms with E-state index >= 15 is 0 Å². The zero-order valence-corrected chi connectivity index (χ0v) is 17.8. The monoisotopic (exact) mass is 404 g/mol. The fourth-order valence-electron chi connectivity index (χ4n) is 3.01. The minimum atomic E-state index is -3.84. The van der Waals surface area contributed by atoms with Crippen molar-refractivity contribution in [3.05, 3.63) is 53.1 Å². The van der Waals surface area contributed by atoms with E-state index in [2.05, 4.69) is 10.0 Å². The van der Waals surface area contributed by atoms with Crippen LogP contribution in [0.15, 0.2) is 41.3 Å². The van der Waals surface area contributed by atoms with Crippen LogP contribution >= 0.6 is 0 Å². The molecule has 0 unspecified atom stereocenters. The second kappa shape index (κ2) is 9.21. The first-order valence-corrected chi connectivity index (χ1v) is 10.8. The Morgan fingerprint density at radius 3 is 2.21 bits per heavy atom. The van der Waals surface area contributed by atoms with Gasteiger partial charge in [-0.25, -0.2) is 8.42 Å². The van der Waals surface area contributed by atoms with E-state index in [4.69, 9.17) is 4.74 Å².